The Balaban J connectivity index is 3.10. The van der Waals surface area contributed by atoms with E-state index >= 15 is 0 Å². The van der Waals surface area contributed by atoms with Crippen molar-refractivity contribution in [3.63, 3.8) is 0 Å². The molecule has 5 heteroatoms. The molecule has 0 aliphatic carbocycles. The van der Waals surface area contributed by atoms with E-state index in [1.54, 1.807) is 6.07 Å². The molecule has 72 valence electrons. The number of hydrogen-bond acceptors (Lipinski definition) is 1. The van der Waals surface area contributed by atoms with Crippen LogP contribution in [0.2, 0.25) is 0 Å². The zero-order valence-electron chi connectivity index (χ0n) is 6.53. The molecule has 0 heterocycles. The second-order valence-electron chi connectivity index (χ2n) is 2.54. The van der Waals surface area contributed by atoms with Crippen LogP contribution in [0.25, 0.3) is 0 Å². The van der Waals surface area contributed by atoms with E-state index in [0.717, 1.165) is 4.47 Å². The molecular weight excluding hydrogens is 308 g/mol. The van der Waals surface area contributed by atoms with E-state index in [4.69, 9.17) is 5.73 Å². The first-order valence-electron chi connectivity index (χ1n) is 3.51. The standard InChI is InChI=1S/C8H7Br2F2N/c9-6-2-1-5(3-7(6)10)8(11,12)4-13/h1-3H,4,13H2. The SMILES string of the molecule is NCC(F)(F)c1ccc(Br)c(Br)c1. The Morgan fingerprint density at radius 2 is 1.85 bits per heavy atom. The van der Waals surface area contributed by atoms with Crippen molar-refractivity contribution in [1.82, 2.24) is 0 Å². The van der Waals surface area contributed by atoms with Gasteiger partial charge in [0.05, 0.1) is 6.54 Å². The molecule has 0 spiro atoms. The summed E-state index contributed by atoms with van der Waals surface area (Å²) in [5.74, 6) is -2.96. The maximum Gasteiger partial charge on any atom is 0.285 e. The van der Waals surface area contributed by atoms with Crippen molar-refractivity contribution in [2.45, 2.75) is 5.92 Å². The Kier molecular flexibility index (Phi) is 3.43. The molecule has 0 aliphatic heterocycles. The molecule has 0 atom stereocenters. The van der Waals surface area contributed by atoms with Gasteiger partial charge in [0.15, 0.2) is 0 Å². The molecule has 0 radical (unpaired) electrons. The van der Waals surface area contributed by atoms with E-state index in [9.17, 15) is 8.78 Å². The summed E-state index contributed by atoms with van der Waals surface area (Å²) in [4.78, 5) is 0. The lowest BCUT2D eigenvalue weighted by Crippen LogP contribution is -2.24. The number of hydrogen-bond donors (Lipinski definition) is 1. The number of halogens is 4. The van der Waals surface area contributed by atoms with Gasteiger partial charge in [-0.15, -0.1) is 0 Å². The first-order valence-corrected chi connectivity index (χ1v) is 5.09. The fraction of sp³-hybridized carbons (Fsp3) is 0.250. The summed E-state index contributed by atoms with van der Waals surface area (Å²) in [5, 5.41) is 0. The summed E-state index contributed by atoms with van der Waals surface area (Å²) in [6.07, 6.45) is 0. The second kappa shape index (κ2) is 4.02. The van der Waals surface area contributed by atoms with Crippen molar-refractivity contribution >= 4 is 31.9 Å². The van der Waals surface area contributed by atoms with Gasteiger partial charge in [0.2, 0.25) is 0 Å². The number of nitrogens with two attached hydrogens (primary N) is 1. The molecule has 2 N–H and O–H groups in total. The average Bonchev–Trinajstić information content (AvgIpc) is 2.09. The summed E-state index contributed by atoms with van der Waals surface area (Å²) in [6, 6.07) is 4.27. The maximum absolute atomic E-state index is 13.0. The lowest BCUT2D eigenvalue weighted by molar-refractivity contribution is 0.00588. The zero-order valence-corrected chi connectivity index (χ0v) is 9.70. The lowest BCUT2D eigenvalue weighted by atomic mass is 10.1. The van der Waals surface area contributed by atoms with E-state index in [1.807, 2.05) is 0 Å². The van der Waals surface area contributed by atoms with Crippen LogP contribution in [0.5, 0.6) is 0 Å². The summed E-state index contributed by atoms with van der Waals surface area (Å²) < 4.78 is 27.4. The van der Waals surface area contributed by atoms with E-state index in [1.165, 1.54) is 12.1 Å². The Morgan fingerprint density at radius 1 is 1.23 bits per heavy atom. The predicted molar refractivity (Wildman–Crippen MR) is 54.8 cm³/mol. The monoisotopic (exact) mass is 313 g/mol. The molecule has 0 unspecified atom stereocenters. The smallest absolute Gasteiger partial charge is 0.285 e. The minimum atomic E-state index is -2.96. The second-order valence-corrected chi connectivity index (χ2v) is 4.25. The predicted octanol–water partition coefficient (Wildman–Crippen LogP) is 3.26. The van der Waals surface area contributed by atoms with Crippen LogP contribution in [-0.2, 0) is 5.92 Å². The van der Waals surface area contributed by atoms with Gasteiger partial charge in [-0.25, -0.2) is 0 Å². The molecule has 0 aliphatic rings. The van der Waals surface area contributed by atoms with Gasteiger partial charge in [-0.05, 0) is 44.0 Å². The van der Waals surface area contributed by atoms with Crippen molar-refractivity contribution in [3.05, 3.63) is 32.7 Å². The minimum absolute atomic E-state index is 0.0786. The van der Waals surface area contributed by atoms with Crippen LogP contribution in [0.15, 0.2) is 27.1 Å². The van der Waals surface area contributed by atoms with Crippen LogP contribution < -0.4 is 5.73 Å². The molecule has 0 aromatic heterocycles. The van der Waals surface area contributed by atoms with Gasteiger partial charge in [0, 0.05) is 14.5 Å². The van der Waals surface area contributed by atoms with Crippen LogP contribution >= 0.6 is 31.9 Å². The van der Waals surface area contributed by atoms with E-state index < -0.39 is 12.5 Å². The highest BCUT2D eigenvalue weighted by Crippen LogP contribution is 2.31. The van der Waals surface area contributed by atoms with Crippen molar-refractivity contribution < 1.29 is 8.78 Å². The van der Waals surface area contributed by atoms with Crippen LogP contribution in [0.1, 0.15) is 5.56 Å². The quantitative estimate of drug-likeness (QED) is 0.891. The molecule has 1 rings (SSSR count). The Labute approximate surface area is 91.6 Å². The minimum Gasteiger partial charge on any atom is -0.325 e. The van der Waals surface area contributed by atoms with Crippen molar-refractivity contribution in [3.8, 4) is 0 Å². The maximum atomic E-state index is 13.0. The largest absolute Gasteiger partial charge is 0.325 e. The van der Waals surface area contributed by atoms with Crippen LogP contribution in [0.4, 0.5) is 8.78 Å². The third-order valence-electron chi connectivity index (χ3n) is 1.60. The molecule has 13 heavy (non-hydrogen) atoms. The molecule has 0 bridgehead atoms. The van der Waals surface area contributed by atoms with Gasteiger partial charge in [0.25, 0.3) is 5.92 Å². The third kappa shape index (κ3) is 2.48. The van der Waals surface area contributed by atoms with Gasteiger partial charge in [0.1, 0.15) is 0 Å². The van der Waals surface area contributed by atoms with Gasteiger partial charge >= 0.3 is 0 Å². The van der Waals surface area contributed by atoms with Crippen LogP contribution in [0.3, 0.4) is 0 Å². The highest BCUT2D eigenvalue weighted by Gasteiger charge is 2.29. The first kappa shape index (κ1) is 11.1. The summed E-state index contributed by atoms with van der Waals surface area (Å²) in [5.41, 5.74) is 4.87. The van der Waals surface area contributed by atoms with E-state index in [2.05, 4.69) is 31.9 Å². The average molecular weight is 315 g/mol. The molecule has 0 amide bonds. The number of rotatable bonds is 2. The highest BCUT2D eigenvalue weighted by molar-refractivity contribution is 9.13. The van der Waals surface area contributed by atoms with Crippen molar-refractivity contribution in [2.75, 3.05) is 6.54 Å². The number of alkyl halides is 2. The fourth-order valence-electron chi connectivity index (χ4n) is 0.841. The lowest BCUT2D eigenvalue weighted by Gasteiger charge is -2.14. The molecular formula is C8H7Br2F2N. The van der Waals surface area contributed by atoms with Gasteiger partial charge in [-0.2, -0.15) is 8.78 Å². The molecule has 1 aromatic carbocycles. The third-order valence-corrected chi connectivity index (χ3v) is 3.48. The summed E-state index contributed by atoms with van der Waals surface area (Å²) in [6.45, 7) is -0.679. The molecule has 0 fully saturated rings. The van der Waals surface area contributed by atoms with E-state index in [0.29, 0.717) is 4.47 Å². The van der Waals surface area contributed by atoms with Crippen molar-refractivity contribution in [1.29, 1.82) is 0 Å². The Bertz CT molecular complexity index is 315. The molecule has 0 saturated heterocycles. The Morgan fingerprint density at radius 3 is 2.31 bits per heavy atom. The topological polar surface area (TPSA) is 26.0 Å². The van der Waals surface area contributed by atoms with Crippen LogP contribution in [-0.4, -0.2) is 6.54 Å². The van der Waals surface area contributed by atoms with E-state index in [-0.39, 0.29) is 5.56 Å². The normalized spacial score (nSPS) is 11.8. The molecule has 0 saturated carbocycles. The summed E-state index contributed by atoms with van der Waals surface area (Å²) >= 11 is 6.34. The van der Waals surface area contributed by atoms with Crippen molar-refractivity contribution in [2.24, 2.45) is 5.73 Å². The van der Waals surface area contributed by atoms with Crippen LogP contribution in [0, 0.1) is 0 Å². The zero-order chi connectivity index (χ0) is 10.1. The first-order chi connectivity index (χ1) is 5.97. The Hall–Kier alpha value is -0.000000000000000111. The summed E-state index contributed by atoms with van der Waals surface area (Å²) in [7, 11) is 0. The number of benzene rings is 1. The highest BCUT2D eigenvalue weighted by atomic mass is 79.9. The van der Waals surface area contributed by atoms with Gasteiger partial charge in [-0.1, -0.05) is 6.07 Å². The van der Waals surface area contributed by atoms with Gasteiger partial charge in [-0.3, -0.25) is 0 Å². The molecule has 1 aromatic rings. The van der Waals surface area contributed by atoms with Gasteiger partial charge < -0.3 is 5.73 Å². The fourth-order valence-corrected chi connectivity index (χ4v) is 1.47. The molecule has 1 nitrogen and oxygen atoms in total.